The van der Waals surface area contributed by atoms with Crippen molar-refractivity contribution in [2.45, 2.75) is 24.5 Å². The Hall–Kier alpha value is -1.51. The molecule has 2 aromatic heterocycles. The molecule has 0 radical (unpaired) electrons. The number of rotatable bonds is 6. The molecule has 0 saturated carbocycles. The van der Waals surface area contributed by atoms with Crippen LogP contribution in [0.1, 0.15) is 20.3 Å². The van der Waals surface area contributed by atoms with Gasteiger partial charge in [-0.15, -0.1) is 11.3 Å². The molecule has 0 aromatic carbocycles. The van der Waals surface area contributed by atoms with Crippen LogP contribution in [0.2, 0.25) is 0 Å². The van der Waals surface area contributed by atoms with E-state index >= 15 is 0 Å². The summed E-state index contributed by atoms with van der Waals surface area (Å²) in [5.74, 6) is 0.441. The van der Waals surface area contributed by atoms with Crippen LogP contribution in [-0.4, -0.2) is 24.7 Å². The molecular weight excluding hydrogens is 322 g/mol. The predicted octanol–water partition coefficient (Wildman–Crippen LogP) is 1.83. The molecule has 2 heterocycles. The van der Waals surface area contributed by atoms with Crippen molar-refractivity contribution < 1.29 is 8.42 Å². The van der Waals surface area contributed by atoms with Crippen LogP contribution in [0, 0.1) is 5.92 Å². The fourth-order valence-electron chi connectivity index (χ4n) is 1.80. The van der Waals surface area contributed by atoms with Crippen molar-refractivity contribution >= 4 is 21.4 Å². The molecule has 0 aliphatic carbocycles. The van der Waals surface area contributed by atoms with E-state index in [4.69, 9.17) is 0 Å². The number of thiophene rings is 1. The Labute approximate surface area is 133 Å². The third-order valence-electron chi connectivity index (χ3n) is 3.11. The second kappa shape index (κ2) is 6.72. The average molecular weight is 341 g/mol. The van der Waals surface area contributed by atoms with E-state index in [9.17, 15) is 13.2 Å². The zero-order chi connectivity index (χ0) is 16.3. The highest BCUT2D eigenvalue weighted by Crippen LogP contribution is 2.26. The molecule has 0 amide bonds. The molecule has 0 unspecified atom stereocenters. The second-order valence-electron chi connectivity index (χ2n) is 5.42. The number of hydrogen-bond acceptors (Lipinski definition) is 5. The lowest BCUT2D eigenvalue weighted by Gasteiger charge is -2.06. The molecular formula is C14H19N3O3S2. The summed E-state index contributed by atoms with van der Waals surface area (Å²) in [6, 6.07) is 4.58. The average Bonchev–Trinajstić information content (AvgIpc) is 2.91. The Kier molecular flexibility index (Phi) is 5.15. The summed E-state index contributed by atoms with van der Waals surface area (Å²) >= 11 is 1.14. The third-order valence-corrected chi connectivity index (χ3v) is 6.01. The minimum absolute atomic E-state index is 0.206. The molecule has 1 N–H and O–H groups in total. The summed E-state index contributed by atoms with van der Waals surface area (Å²) in [7, 11) is -1.93. The zero-order valence-corrected chi connectivity index (χ0v) is 14.4. The molecule has 0 atom stereocenters. The van der Waals surface area contributed by atoms with E-state index in [1.54, 1.807) is 24.6 Å². The molecule has 120 valence electrons. The monoisotopic (exact) mass is 341 g/mol. The summed E-state index contributed by atoms with van der Waals surface area (Å²) in [6.07, 6.45) is 0.791. The molecule has 0 aliphatic rings. The van der Waals surface area contributed by atoms with Crippen molar-refractivity contribution in [1.29, 1.82) is 0 Å². The number of sulfonamides is 1. The van der Waals surface area contributed by atoms with Gasteiger partial charge in [-0.25, -0.2) is 17.8 Å². The van der Waals surface area contributed by atoms with Gasteiger partial charge in [0.1, 0.15) is 4.21 Å². The van der Waals surface area contributed by atoms with E-state index in [-0.39, 0.29) is 9.77 Å². The summed E-state index contributed by atoms with van der Waals surface area (Å²) in [4.78, 5) is 11.3. The van der Waals surface area contributed by atoms with Gasteiger partial charge in [-0.1, -0.05) is 13.8 Å². The minimum Gasteiger partial charge on any atom is -0.268 e. The van der Waals surface area contributed by atoms with Gasteiger partial charge in [0.25, 0.3) is 5.56 Å². The molecule has 8 heteroatoms. The summed E-state index contributed by atoms with van der Waals surface area (Å²) in [6.45, 7) is 4.51. The van der Waals surface area contributed by atoms with E-state index in [0.29, 0.717) is 23.7 Å². The van der Waals surface area contributed by atoms with Crippen molar-refractivity contribution in [2.24, 2.45) is 13.0 Å². The highest BCUT2D eigenvalue weighted by atomic mass is 32.2. The topological polar surface area (TPSA) is 81.1 Å². The van der Waals surface area contributed by atoms with Crippen molar-refractivity contribution in [3.63, 3.8) is 0 Å². The SMILES string of the molecule is CC(C)CCNS(=O)(=O)c1cc(-c2ccc(=O)n(C)n2)cs1. The van der Waals surface area contributed by atoms with Gasteiger partial charge in [0.15, 0.2) is 0 Å². The first kappa shape index (κ1) is 16.9. The largest absolute Gasteiger partial charge is 0.268 e. The third kappa shape index (κ3) is 4.02. The molecule has 22 heavy (non-hydrogen) atoms. The van der Waals surface area contributed by atoms with E-state index < -0.39 is 10.0 Å². The lowest BCUT2D eigenvalue weighted by atomic mass is 10.1. The number of nitrogens with zero attached hydrogens (tertiary/aromatic N) is 2. The normalized spacial score (nSPS) is 12.0. The van der Waals surface area contributed by atoms with Gasteiger partial charge >= 0.3 is 0 Å². The smallest absolute Gasteiger partial charge is 0.266 e. The van der Waals surface area contributed by atoms with Gasteiger partial charge < -0.3 is 0 Å². The maximum Gasteiger partial charge on any atom is 0.266 e. The first-order valence-electron chi connectivity index (χ1n) is 6.92. The van der Waals surface area contributed by atoms with Gasteiger partial charge in [0.05, 0.1) is 5.69 Å². The first-order chi connectivity index (χ1) is 10.3. The van der Waals surface area contributed by atoms with Gasteiger partial charge in [0.2, 0.25) is 10.0 Å². The number of aryl methyl sites for hydroxylation is 1. The van der Waals surface area contributed by atoms with Gasteiger partial charge in [-0.05, 0) is 24.5 Å². The van der Waals surface area contributed by atoms with Crippen molar-refractivity contribution in [3.05, 3.63) is 33.9 Å². The van der Waals surface area contributed by atoms with Crippen LogP contribution in [0.4, 0.5) is 0 Å². The highest BCUT2D eigenvalue weighted by Gasteiger charge is 2.17. The fourth-order valence-corrected chi connectivity index (χ4v) is 4.07. The Morgan fingerprint density at radius 2 is 2.09 bits per heavy atom. The maximum atomic E-state index is 12.2. The molecule has 0 aliphatic heterocycles. The molecule has 0 bridgehead atoms. The van der Waals surface area contributed by atoms with Gasteiger partial charge in [-0.2, -0.15) is 5.10 Å². The molecule has 0 saturated heterocycles. The first-order valence-corrected chi connectivity index (χ1v) is 9.29. The van der Waals surface area contributed by atoms with Gasteiger partial charge in [0, 0.05) is 30.6 Å². The fraction of sp³-hybridized carbons (Fsp3) is 0.429. The number of nitrogens with one attached hydrogen (secondary N) is 1. The lowest BCUT2D eigenvalue weighted by Crippen LogP contribution is -2.24. The van der Waals surface area contributed by atoms with Crippen molar-refractivity contribution in [1.82, 2.24) is 14.5 Å². The summed E-state index contributed by atoms with van der Waals surface area (Å²) in [5, 5.41) is 5.85. The molecule has 0 fully saturated rings. The van der Waals surface area contributed by atoms with Crippen LogP contribution < -0.4 is 10.3 Å². The summed E-state index contributed by atoms with van der Waals surface area (Å²) < 4.78 is 28.5. The van der Waals surface area contributed by atoms with Crippen LogP contribution in [0.25, 0.3) is 11.3 Å². The van der Waals surface area contributed by atoms with Crippen LogP contribution in [-0.2, 0) is 17.1 Å². The van der Waals surface area contributed by atoms with Crippen LogP contribution in [0.3, 0.4) is 0 Å². The van der Waals surface area contributed by atoms with E-state index in [0.717, 1.165) is 17.8 Å². The van der Waals surface area contributed by atoms with Gasteiger partial charge in [-0.3, -0.25) is 4.79 Å². The van der Waals surface area contributed by atoms with Crippen LogP contribution in [0.15, 0.2) is 32.6 Å². The standard InChI is InChI=1S/C14H19N3O3S2/c1-10(2)6-7-15-22(19,20)14-8-11(9-21-14)12-4-5-13(18)17(3)16-12/h4-5,8-10,15H,6-7H2,1-3H3. The highest BCUT2D eigenvalue weighted by molar-refractivity contribution is 7.91. The predicted molar refractivity (Wildman–Crippen MR) is 87.4 cm³/mol. The number of aromatic nitrogens is 2. The molecule has 6 nitrogen and oxygen atoms in total. The Morgan fingerprint density at radius 1 is 1.36 bits per heavy atom. The Bertz CT molecular complexity index is 807. The Morgan fingerprint density at radius 3 is 2.73 bits per heavy atom. The molecule has 2 rings (SSSR count). The molecule has 2 aromatic rings. The maximum absolute atomic E-state index is 12.2. The Balaban J connectivity index is 2.20. The van der Waals surface area contributed by atoms with Crippen LogP contribution >= 0.6 is 11.3 Å². The summed E-state index contributed by atoms with van der Waals surface area (Å²) in [5.41, 5.74) is 1.05. The zero-order valence-electron chi connectivity index (χ0n) is 12.7. The minimum atomic E-state index is -3.49. The molecule has 0 spiro atoms. The van der Waals surface area contributed by atoms with Crippen LogP contribution in [0.5, 0.6) is 0 Å². The van der Waals surface area contributed by atoms with E-state index in [1.165, 1.54) is 10.7 Å². The van der Waals surface area contributed by atoms with E-state index in [2.05, 4.69) is 9.82 Å². The second-order valence-corrected chi connectivity index (χ2v) is 8.32. The number of hydrogen-bond donors (Lipinski definition) is 1. The van der Waals surface area contributed by atoms with Crippen molar-refractivity contribution in [3.8, 4) is 11.3 Å². The lowest BCUT2D eigenvalue weighted by molar-refractivity contribution is 0.553. The van der Waals surface area contributed by atoms with E-state index in [1.807, 2.05) is 13.8 Å². The quantitative estimate of drug-likeness (QED) is 0.869. The van der Waals surface area contributed by atoms with Crippen molar-refractivity contribution in [2.75, 3.05) is 6.54 Å².